The lowest BCUT2D eigenvalue weighted by molar-refractivity contribution is -0.152. The molecule has 0 aliphatic carbocycles. The number of carbonyl (C=O) groups is 3. The summed E-state index contributed by atoms with van der Waals surface area (Å²) in [5, 5.41) is 3.10. The molecule has 2 aromatic carbocycles. The summed E-state index contributed by atoms with van der Waals surface area (Å²) >= 11 is 5.88. The monoisotopic (exact) mass is 402 g/mol. The molecule has 8 heteroatoms. The van der Waals surface area contributed by atoms with Crippen molar-refractivity contribution in [3.8, 4) is 5.75 Å². The summed E-state index contributed by atoms with van der Waals surface area (Å²) in [4.78, 5) is 38.2. The molecule has 2 amide bonds. The second-order valence-corrected chi connectivity index (χ2v) is 6.61. The van der Waals surface area contributed by atoms with E-state index in [0.29, 0.717) is 22.1 Å². The van der Waals surface area contributed by atoms with Crippen LogP contribution in [0.5, 0.6) is 5.75 Å². The molecule has 0 fully saturated rings. The van der Waals surface area contributed by atoms with Crippen LogP contribution in [0.2, 0.25) is 5.02 Å². The van der Waals surface area contributed by atoms with Gasteiger partial charge in [-0.3, -0.25) is 19.3 Å². The summed E-state index contributed by atoms with van der Waals surface area (Å²) < 4.78 is 10.7. The van der Waals surface area contributed by atoms with E-state index in [1.54, 1.807) is 48.5 Å². The highest BCUT2D eigenvalue weighted by Gasteiger charge is 2.27. The van der Waals surface area contributed by atoms with E-state index in [0.717, 1.165) is 0 Å². The first-order valence-corrected chi connectivity index (χ1v) is 9.10. The number of rotatable bonds is 5. The van der Waals surface area contributed by atoms with Crippen LogP contribution in [0.25, 0.3) is 0 Å². The normalized spacial score (nSPS) is 14.4. The van der Waals surface area contributed by atoms with Crippen LogP contribution in [-0.2, 0) is 19.1 Å². The Balaban J connectivity index is 1.63. The molecule has 3 rings (SSSR count). The van der Waals surface area contributed by atoms with Gasteiger partial charge in [0.15, 0.2) is 6.10 Å². The topological polar surface area (TPSA) is 84.9 Å². The Labute approximate surface area is 167 Å². The predicted molar refractivity (Wildman–Crippen MR) is 105 cm³/mol. The second kappa shape index (κ2) is 8.75. The Morgan fingerprint density at radius 3 is 2.82 bits per heavy atom. The summed E-state index contributed by atoms with van der Waals surface area (Å²) in [5.41, 5.74) is 0.993. The lowest BCUT2D eigenvalue weighted by atomic mass is 10.2. The largest absolute Gasteiger partial charge is 0.491 e. The number of para-hydroxylation sites is 2. The van der Waals surface area contributed by atoms with E-state index in [9.17, 15) is 14.4 Å². The number of amides is 2. The molecule has 0 saturated carbocycles. The molecule has 1 aliphatic rings. The zero-order chi connectivity index (χ0) is 20.1. The minimum absolute atomic E-state index is 0.146. The van der Waals surface area contributed by atoms with Crippen molar-refractivity contribution < 1.29 is 23.9 Å². The average molecular weight is 403 g/mol. The van der Waals surface area contributed by atoms with Gasteiger partial charge in [-0.15, -0.1) is 0 Å². The third-order valence-corrected chi connectivity index (χ3v) is 4.32. The summed E-state index contributed by atoms with van der Waals surface area (Å²) in [6.07, 6.45) is -0.896. The van der Waals surface area contributed by atoms with Crippen molar-refractivity contribution >= 4 is 40.8 Å². The van der Waals surface area contributed by atoms with Gasteiger partial charge < -0.3 is 14.8 Å². The number of carbonyl (C=O) groups excluding carboxylic acids is 3. The average Bonchev–Trinajstić information content (AvgIpc) is 2.81. The van der Waals surface area contributed by atoms with Crippen LogP contribution in [0.4, 0.5) is 11.4 Å². The summed E-state index contributed by atoms with van der Waals surface area (Å²) in [6.45, 7) is 1.38. The van der Waals surface area contributed by atoms with Gasteiger partial charge >= 0.3 is 5.97 Å². The maximum atomic E-state index is 12.4. The second-order valence-electron chi connectivity index (χ2n) is 6.18. The number of fused-ring (bicyclic) bond motifs is 1. The fourth-order valence-corrected chi connectivity index (χ4v) is 2.91. The lowest BCUT2D eigenvalue weighted by Crippen LogP contribution is -2.39. The Hall–Kier alpha value is -3.06. The van der Waals surface area contributed by atoms with Gasteiger partial charge in [0.25, 0.3) is 5.91 Å². The molecule has 1 heterocycles. The molecule has 1 atom stereocenters. The maximum Gasteiger partial charge on any atom is 0.326 e. The van der Waals surface area contributed by atoms with Gasteiger partial charge in [-0.25, -0.2) is 0 Å². The maximum absolute atomic E-state index is 12.4. The summed E-state index contributed by atoms with van der Waals surface area (Å²) in [6, 6.07) is 13.6. The molecule has 0 saturated heterocycles. The van der Waals surface area contributed by atoms with Crippen molar-refractivity contribution in [1.82, 2.24) is 0 Å². The van der Waals surface area contributed by atoms with Crippen LogP contribution >= 0.6 is 11.6 Å². The molecule has 1 aliphatic heterocycles. The Morgan fingerprint density at radius 2 is 2.04 bits per heavy atom. The number of esters is 1. The first-order chi connectivity index (χ1) is 13.4. The van der Waals surface area contributed by atoms with Gasteiger partial charge in [0.1, 0.15) is 12.3 Å². The van der Waals surface area contributed by atoms with Gasteiger partial charge in [-0.2, -0.15) is 0 Å². The lowest BCUT2D eigenvalue weighted by Gasteiger charge is -2.22. The number of hydrogen-bond acceptors (Lipinski definition) is 5. The zero-order valence-corrected chi connectivity index (χ0v) is 15.9. The van der Waals surface area contributed by atoms with E-state index < -0.39 is 18.0 Å². The van der Waals surface area contributed by atoms with E-state index in [1.807, 2.05) is 0 Å². The van der Waals surface area contributed by atoms with Crippen molar-refractivity contribution in [3.05, 3.63) is 53.6 Å². The van der Waals surface area contributed by atoms with E-state index in [1.165, 1.54) is 11.8 Å². The predicted octanol–water partition coefficient (Wildman–Crippen LogP) is 3.03. The minimum atomic E-state index is -1.04. The third-order valence-electron chi connectivity index (χ3n) is 4.09. The number of hydrogen-bond donors (Lipinski definition) is 1. The highest BCUT2D eigenvalue weighted by molar-refractivity contribution is 6.30. The van der Waals surface area contributed by atoms with Crippen LogP contribution < -0.4 is 15.0 Å². The van der Waals surface area contributed by atoms with Gasteiger partial charge in [0.05, 0.1) is 18.7 Å². The van der Waals surface area contributed by atoms with Gasteiger partial charge in [-0.05, 0) is 37.3 Å². The number of halogens is 1. The van der Waals surface area contributed by atoms with E-state index >= 15 is 0 Å². The molecule has 0 aromatic heterocycles. The number of benzene rings is 2. The van der Waals surface area contributed by atoms with Crippen LogP contribution in [0, 0.1) is 0 Å². The molecular weight excluding hydrogens is 384 g/mol. The first kappa shape index (κ1) is 19.7. The quantitative estimate of drug-likeness (QED) is 0.777. The molecule has 0 radical (unpaired) electrons. The summed E-state index contributed by atoms with van der Waals surface area (Å²) in [7, 11) is 0. The van der Waals surface area contributed by atoms with Gasteiger partial charge in [0.2, 0.25) is 5.91 Å². The zero-order valence-electron chi connectivity index (χ0n) is 15.2. The molecular formula is C20H19ClN2O5. The van der Waals surface area contributed by atoms with Gasteiger partial charge in [-0.1, -0.05) is 29.8 Å². The molecule has 0 unspecified atom stereocenters. The van der Waals surface area contributed by atoms with Crippen molar-refractivity contribution in [2.75, 3.05) is 23.4 Å². The van der Waals surface area contributed by atoms with E-state index in [-0.39, 0.29) is 25.5 Å². The molecule has 7 nitrogen and oxygen atoms in total. The number of nitrogens with zero attached hydrogens (tertiary/aromatic N) is 1. The molecule has 146 valence electrons. The Kier molecular flexibility index (Phi) is 6.16. The molecule has 1 N–H and O–H groups in total. The number of ether oxygens (including phenoxy) is 2. The standard InChI is InChI=1S/C20H19ClN2O5/c1-13(20(26)22-15-6-4-5-14(21)11-15)28-19(25)12-23-16-7-2-3-8-17(16)27-10-9-18(23)24/h2-8,11,13H,9-10,12H2,1H3,(H,22,26)/t13-/m0/s1. The molecule has 0 spiro atoms. The number of nitrogens with one attached hydrogen (secondary N) is 1. The summed E-state index contributed by atoms with van der Waals surface area (Å²) in [5.74, 6) is -0.925. The number of anilines is 2. The Bertz CT molecular complexity index is 902. The highest BCUT2D eigenvalue weighted by Crippen LogP contribution is 2.30. The fourth-order valence-electron chi connectivity index (χ4n) is 2.72. The molecule has 0 bridgehead atoms. The molecule has 2 aromatic rings. The Morgan fingerprint density at radius 1 is 1.25 bits per heavy atom. The smallest absolute Gasteiger partial charge is 0.326 e. The van der Waals surface area contributed by atoms with Crippen molar-refractivity contribution in [1.29, 1.82) is 0 Å². The minimum Gasteiger partial charge on any atom is -0.491 e. The fraction of sp³-hybridized carbons (Fsp3) is 0.250. The SMILES string of the molecule is C[C@H](OC(=O)CN1C(=O)CCOc2ccccc21)C(=O)Nc1cccc(Cl)c1. The van der Waals surface area contributed by atoms with Crippen LogP contribution in [0.1, 0.15) is 13.3 Å². The van der Waals surface area contributed by atoms with Crippen LogP contribution in [0.3, 0.4) is 0 Å². The van der Waals surface area contributed by atoms with Crippen molar-refractivity contribution in [2.45, 2.75) is 19.4 Å². The van der Waals surface area contributed by atoms with Crippen molar-refractivity contribution in [2.24, 2.45) is 0 Å². The third kappa shape index (κ3) is 4.80. The van der Waals surface area contributed by atoms with Crippen LogP contribution in [0.15, 0.2) is 48.5 Å². The van der Waals surface area contributed by atoms with E-state index in [4.69, 9.17) is 21.1 Å². The van der Waals surface area contributed by atoms with E-state index in [2.05, 4.69) is 5.32 Å². The molecule has 28 heavy (non-hydrogen) atoms. The van der Waals surface area contributed by atoms with Crippen LogP contribution in [-0.4, -0.2) is 37.0 Å². The highest BCUT2D eigenvalue weighted by atomic mass is 35.5. The van der Waals surface area contributed by atoms with Gasteiger partial charge in [0, 0.05) is 10.7 Å². The van der Waals surface area contributed by atoms with Crippen molar-refractivity contribution in [3.63, 3.8) is 0 Å². The first-order valence-electron chi connectivity index (χ1n) is 8.72.